The highest BCUT2D eigenvalue weighted by Crippen LogP contribution is 2.11. The van der Waals surface area contributed by atoms with Crippen LogP contribution >= 0.6 is 0 Å². The van der Waals surface area contributed by atoms with Gasteiger partial charge in [0, 0.05) is 25.0 Å². The summed E-state index contributed by atoms with van der Waals surface area (Å²) in [5.41, 5.74) is 1.10. The van der Waals surface area contributed by atoms with Crippen molar-refractivity contribution in [2.45, 2.75) is 13.0 Å². The van der Waals surface area contributed by atoms with E-state index in [0.29, 0.717) is 28.5 Å². The summed E-state index contributed by atoms with van der Waals surface area (Å²) in [4.78, 5) is 44.0. The Morgan fingerprint density at radius 2 is 1.94 bits per heavy atom. The molecule has 0 saturated carbocycles. The van der Waals surface area contributed by atoms with E-state index in [-0.39, 0.29) is 12.1 Å². The maximum Gasteiger partial charge on any atom is 0.335 e. The number of aromatic carboxylic acids is 1. The molecule has 0 aliphatic carbocycles. The van der Waals surface area contributed by atoms with Gasteiger partial charge < -0.3 is 10.1 Å². The summed E-state index contributed by atoms with van der Waals surface area (Å²) in [7, 11) is 1.61. The first-order chi connectivity index (χ1) is 14.9. The van der Waals surface area contributed by atoms with E-state index in [0.717, 1.165) is 10.4 Å². The zero-order valence-corrected chi connectivity index (χ0v) is 16.6. The molecule has 0 unspecified atom stereocenters. The molecule has 2 aromatic carbocycles. The van der Waals surface area contributed by atoms with E-state index < -0.39 is 17.2 Å². The van der Waals surface area contributed by atoms with Gasteiger partial charge in [0.25, 0.3) is 5.56 Å². The van der Waals surface area contributed by atoms with Crippen LogP contribution in [0.4, 0.5) is 0 Å². The lowest BCUT2D eigenvalue weighted by atomic mass is 10.1. The van der Waals surface area contributed by atoms with Crippen molar-refractivity contribution in [3.63, 3.8) is 0 Å². The van der Waals surface area contributed by atoms with Crippen molar-refractivity contribution < 1.29 is 9.90 Å². The van der Waals surface area contributed by atoms with Crippen molar-refractivity contribution in [2.75, 3.05) is 0 Å². The summed E-state index contributed by atoms with van der Waals surface area (Å²) in [5.74, 6) is 5.76. The van der Waals surface area contributed by atoms with Crippen molar-refractivity contribution in [3.8, 4) is 11.8 Å². The Balaban J connectivity index is 1.72. The van der Waals surface area contributed by atoms with E-state index in [1.165, 1.54) is 16.7 Å². The number of aryl methyl sites for hydroxylation is 1. The van der Waals surface area contributed by atoms with E-state index in [4.69, 9.17) is 5.11 Å². The number of carboxylic acids is 1. The van der Waals surface area contributed by atoms with Crippen LogP contribution in [0.1, 0.15) is 27.3 Å². The monoisotopic (exact) mass is 414 g/mol. The fourth-order valence-electron chi connectivity index (χ4n) is 3.29. The maximum absolute atomic E-state index is 13.1. The minimum absolute atomic E-state index is 0.0374. The second kappa shape index (κ2) is 8.16. The largest absolute Gasteiger partial charge is 0.478 e. The predicted octanol–water partition coefficient (Wildman–Crippen LogP) is 1.76. The summed E-state index contributed by atoms with van der Waals surface area (Å²) >= 11 is 0. The fraction of sp³-hybridized carbons (Fsp3) is 0.130. The summed E-state index contributed by atoms with van der Waals surface area (Å²) in [5, 5.41) is 9.41. The van der Waals surface area contributed by atoms with Crippen molar-refractivity contribution >= 4 is 16.9 Å². The molecular formula is C23H18N4O4. The molecular weight excluding hydrogens is 396 g/mol. The Morgan fingerprint density at radius 1 is 1.16 bits per heavy atom. The fourth-order valence-corrected chi connectivity index (χ4v) is 3.29. The molecule has 154 valence electrons. The van der Waals surface area contributed by atoms with Crippen LogP contribution in [0, 0.1) is 11.8 Å². The average Bonchev–Trinajstić information content (AvgIpc) is 3.29. The molecule has 8 nitrogen and oxygen atoms in total. The van der Waals surface area contributed by atoms with Crippen LogP contribution in [0.2, 0.25) is 0 Å². The first kappa shape index (κ1) is 19.9. The van der Waals surface area contributed by atoms with Crippen LogP contribution in [0.15, 0.2) is 64.4 Å². The summed E-state index contributed by atoms with van der Waals surface area (Å²) in [6, 6.07) is 11.2. The number of carbonyl (C=O) groups is 1. The van der Waals surface area contributed by atoms with Gasteiger partial charge in [-0.25, -0.2) is 14.6 Å². The highest BCUT2D eigenvalue weighted by molar-refractivity contribution is 5.87. The Labute approximate surface area is 176 Å². The molecule has 0 aliphatic rings. The molecule has 0 spiro atoms. The molecule has 0 amide bonds. The number of hydrogen-bond acceptors (Lipinski definition) is 4. The van der Waals surface area contributed by atoms with E-state index in [2.05, 4.69) is 21.8 Å². The van der Waals surface area contributed by atoms with Crippen molar-refractivity contribution in [3.05, 3.63) is 98.2 Å². The topological polar surface area (TPSA) is 110 Å². The normalized spacial score (nSPS) is 10.6. The van der Waals surface area contributed by atoms with Gasteiger partial charge >= 0.3 is 11.7 Å². The summed E-state index contributed by atoms with van der Waals surface area (Å²) in [6.45, 7) is 0.0374. The number of nitrogens with zero attached hydrogens (tertiary/aromatic N) is 3. The van der Waals surface area contributed by atoms with Gasteiger partial charge in [0.05, 0.1) is 29.4 Å². The second-order valence-corrected chi connectivity index (χ2v) is 6.98. The maximum atomic E-state index is 13.1. The van der Waals surface area contributed by atoms with Crippen molar-refractivity contribution in [1.29, 1.82) is 0 Å². The molecule has 0 saturated heterocycles. The number of carboxylic acid groups (broad SMARTS) is 1. The smallest absolute Gasteiger partial charge is 0.335 e. The van der Waals surface area contributed by atoms with Crippen LogP contribution in [-0.4, -0.2) is 30.2 Å². The van der Waals surface area contributed by atoms with Crippen molar-refractivity contribution in [1.82, 2.24) is 19.1 Å². The lowest BCUT2D eigenvalue weighted by molar-refractivity contribution is 0.0697. The Hall–Kier alpha value is -4.38. The van der Waals surface area contributed by atoms with Crippen molar-refractivity contribution in [2.24, 2.45) is 7.05 Å². The van der Waals surface area contributed by atoms with Crippen LogP contribution in [0.25, 0.3) is 10.9 Å². The van der Waals surface area contributed by atoms with Gasteiger partial charge in [0.2, 0.25) is 0 Å². The molecule has 2 N–H and O–H groups in total. The van der Waals surface area contributed by atoms with Gasteiger partial charge in [-0.05, 0) is 35.9 Å². The van der Waals surface area contributed by atoms with Gasteiger partial charge in [-0.1, -0.05) is 24.0 Å². The first-order valence-corrected chi connectivity index (χ1v) is 9.47. The van der Waals surface area contributed by atoms with Crippen LogP contribution in [-0.2, 0) is 20.0 Å². The number of H-pyrrole nitrogens is 1. The molecule has 8 heteroatoms. The molecule has 31 heavy (non-hydrogen) atoms. The number of imidazole rings is 1. The zero-order valence-electron chi connectivity index (χ0n) is 16.6. The molecule has 0 fully saturated rings. The Kier molecular flexibility index (Phi) is 5.24. The Morgan fingerprint density at radius 3 is 2.61 bits per heavy atom. The quantitative estimate of drug-likeness (QED) is 0.495. The SMILES string of the molecule is Cn1c(=O)n(Cc2ccc(C(=O)O)cc2)c(=O)c2cc(C#CCc3ncc[nH]3)ccc21. The number of hydrogen-bond donors (Lipinski definition) is 2. The first-order valence-electron chi connectivity index (χ1n) is 9.47. The van der Waals surface area contributed by atoms with Gasteiger partial charge in [0.1, 0.15) is 5.82 Å². The molecule has 0 radical (unpaired) electrons. The van der Waals surface area contributed by atoms with Crippen LogP contribution in [0.3, 0.4) is 0 Å². The van der Waals surface area contributed by atoms with Crippen LogP contribution in [0.5, 0.6) is 0 Å². The molecule has 4 rings (SSSR count). The van der Waals surface area contributed by atoms with E-state index in [1.807, 2.05) is 0 Å². The Bertz CT molecular complexity index is 1450. The van der Waals surface area contributed by atoms with Gasteiger partial charge in [-0.15, -0.1) is 0 Å². The average molecular weight is 414 g/mol. The summed E-state index contributed by atoms with van der Waals surface area (Å²) in [6.07, 6.45) is 3.84. The number of aromatic amines is 1. The number of fused-ring (bicyclic) bond motifs is 1. The molecule has 2 aromatic heterocycles. The molecule has 0 bridgehead atoms. The third-order valence-corrected chi connectivity index (χ3v) is 4.94. The van der Waals surface area contributed by atoms with E-state index in [9.17, 15) is 14.4 Å². The number of aromatic nitrogens is 4. The highest BCUT2D eigenvalue weighted by atomic mass is 16.4. The minimum Gasteiger partial charge on any atom is -0.478 e. The third-order valence-electron chi connectivity index (χ3n) is 4.94. The van der Waals surface area contributed by atoms with E-state index in [1.54, 1.807) is 49.8 Å². The zero-order chi connectivity index (χ0) is 22.0. The van der Waals surface area contributed by atoms with Gasteiger partial charge in [-0.3, -0.25) is 13.9 Å². The lowest BCUT2D eigenvalue weighted by Crippen LogP contribution is -2.39. The van der Waals surface area contributed by atoms with Gasteiger partial charge in [-0.2, -0.15) is 0 Å². The minimum atomic E-state index is -1.04. The van der Waals surface area contributed by atoms with Gasteiger partial charge in [0.15, 0.2) is 0 Å². The highest BCUT2D eigenvalue weighted by Gasteiger charge is 2.12. The molecule has 2 heterocycles. The van der Waals surface area contributed by atoms with E-state index >= 15 is 0 Å². The molecule has 0 atom stereocenters. The number of nitrogens with one attached hydrogen (secondary N) is 1. The number of benzene rings is 2. The standard InChI is InChI=1S/C23H18N4O4/c1-26-19-10-7-15(3-2-4-20-24-11-12-25-20)13-18(19)21(28)27(23(26)31)14-16-5-8-17(9-6-16)22(29)30/h5-13H,4,14H2,1H3,(H,24,25)(H,29,30). The lowest BCUT2D eigenvalue weighted by Gasteiger charge is -2.11. The predicted molar refractivity (Wildman–Crippen MR) is 115 cm³/mol. The second-order valence-electron chi connectivity index (χ2n) is 6.98. The molecule has 0 aliphatic heterocycles. The third kappa shape index (κ3) is 4.02. The molecule has 4 aromatic rings. The summed E-state index contributed by atoms with van der Waals surface area (Å²) < 4.78 is 2.56. The number of rotatable bonds is 4. The van der Waals surface area contributed by atoms with Crippen LogP contribution < -0.4 is 11.2 Å².